The lowest BCUT2D eigenvalue weighted by Gasteiger charge is -2.26. The van der Waals surface area contributed by atoms with Crippen LogP contribution >= 0.6 is 0 Å². The van der Waals surface area contributed by atoms with Crippen LogP contribution in [0.25, 0.3) is 0 Å². The molecule has 0 aliphatic carbocycles. The fourth-order valence-electron chi connectivity index (χ4n) is 3.07. The van der Waals surface area contributed by atoms with E-state index in [1.165, 1.54) is 14.2 Å². The highest BCUT2D eigenvalue weighted by Gasteiger charge is 2.41. The second-order valence-corrected chi connectivity index (χ2v) is 5.75. The number of fused-ring (bicyclic) bond motifs is 1. The molecule has 1 aliphatic heterocycles. The van der Waals surface area contributed by atoms with Crippen molar-refractivity contribution in [3.63, 3.8) is 0 Å². The first-order valence-electron chi connectivity index (χ1n) is 7.88. The molecule has 2 aromatic carbocycles. The van der Waals surface area contributed by atoms with E-state index in [0.29, 0.717) is 17.1 Å². The van der Waals surface area contributed by atoms with E-state index < -0.39 is 30.2 Å². The van der Waals surface area contributed by atoms with Gasteiger partial charge >= 0.3 is 5.97 Å². The first kappa shape index (κ1) is 17.5. The predicted molar refractivity (Wildman–Crippen MR) is 91.5 cm³/mol. The highest BCUT2D eigenvalue weighted by Crippen LogP contribution is 2.37. The van der Waals surface area contributed by atoms with Gasteiger partial charge in [0.05, 0.1) is 37.8 Å². The van der Waals surface area contributed by atoms with Crippen LogP contribution in [0.2, 0.25) is 0 Å². The van der Waals surface area contributed by atoms with Gasteiger partial charge in [0.2, 0.25) is 0 Å². The third-order valence-corrected chi connectivity index (χ3v) is 4.30. The Morgan fingerprint density at radius 3 is 2.08 bits per heavy atom. The number of carbonyl (C=O) groups excluding carboxylic acids is 2. The summed E-state index contributed by atoms with van der Waals surface area (Å²) < 4.78 is 10.4. The molecule has 0 saturated heterocycles. The number of benzene rings is 2. The molecule has 2 amide bonds. The molecule has 0 spiro atoms. The zero-order valence-corrected chi connectivity index (χ0v) is 14.3. The third-order valence-electron chi connectivity index (χ3n) is 4.30. The van der Waals surface area contributed by atoms with Crippen molar-refractivity contribution in [1.29, 1.82) is 0 Å². The summed E-state index contributed by atoms with van der Waals surface area (Å²) in [5, 5.41) is 9.32. The summed E-state index contributed by atoms with van der Waals surface area (Å²) in [6, 6.07) is 10.3. The van der Waals surface area contributed by atoms with E-state index in [4.69, 9.17) is 9.47 Å². The Morgan fingerprint density at radius 2 is 1.58 bits per heavy atom. The summed E-state index contributed by atoms with van der Waals surface area (Å²) in [6.07, 6.45) is -0.416. The molecule has 0 fully saturated rings. The predicted octanol–water partition coefficient (Wildman–Crippen LogP) is 2.52. The van der Waals surface area contributed by atoms with Crippen LogP contribution in [0, 0.1) is 0 Å². The van der Waals surface area contributed by atoms with Crippen LogP contribution in [0.4, 0.5) is 0 Å². The molecule has 134 valence electrons. The lowest BCUT2D eigenvalue weighted by atomic mass is 10.0. The van der Waals surface area contributed by atoms with Crippen molar-refractivity contribution in [3.05, 3.63) is 59.2 Å². The van der Waals surface area contributed by atoms with Crippen molar-refractivity contribution < 1.29 is 29.0 Å². The normalized spacial score (nSPS) is 14.2. The molecule has 0 bridgehead atoms. The molecule has 0 radical (unpaired) electrons. The quantitative estimate of drug-likeness (QED) is 0.801. The van der Waals surface area contributed by atoms with E-state index in [1.807, 2.05) is 0 Å². The smallest absolute Gasteiger partial charge is 0.305 e. The molecule has 0 saturated carbocycles. The van der Waals surface area contributed by atoms with Crippen LogP contribution in [0.5, 0.6) is 11.5 Å². The van der Waals surface area contributed by atoms with Gasteiger partial charge in [-0.25, -0.2) is 0 Å². The van der Waals surface area contributed by atoms with Gasteiger partial charge in [-0.15, -0.1) is 0 Å². The monoisotopic (exact) mass is 355 g/mol. The van der Waals surface area contributed by atoms with Gasteiger partial charge in [-0.3, -0.25) is 19.3 Å². The van der Waals surface area contributed by atoms with E-state index in [9.17, 15) is 19.5 Å². The second-order valence-electron chi connectivity index (χ2n) is 5.75. The Labute approximate surface area is 149 Å². The van der Waals surface area contributed by atoms with E-state index in [2.05, 4.69) is 0 Å². The molecule has 2 aromatic rings. The Hall–Kier alpha value is -3.35. The van der Waals surface area contributed by atoms with Gasteiger partial charge in [0.15, 0.2) is 11.5 Å². The van der Waals surface area contributed by atoms with Gasteiger partial charge in [-0.05, 0) is 29.8 Å². The molecule has 0 unspecified atom stereocenters. The number of amides is 2. The molecule has 26 heavy (non-hydrogen) atoms. The number of carbonyl (C=O) groups is 3. The topological polar surface area (TPSA) is 93.1 Å². The molecule has 1 heterocycles. The number of aliphatic carboxylic acids is 1. The van der Waals surface area contributed by atoms with Crippen molar-refractivity contribution >= 4 is 17.8 Å². The number of rotatable bonds is 6. The third kappa shape index (κ3) is 2.88. The molecular formula is C19H17NO6. The number of hydrogen-bond acceptors (Lipinski definition) is 5. The Bertz CT molecular complexity index is 856. The lowest BCUT2D eigenvalue weighted by Crippen LogP contribution is -2.35. The summed E-state index contributed by atoms with van der Waals surface area (Å²) in [6.45, 7) is 0. The van der Waals surface area contributed by atoms with Gasteiger partial charge < -0.3 is 14.6 Å². The molecule has 1 N–H and O–H groups in total. The van der Waals surface area contributed by atoms with Crippen LogP contribution in [0.3, 0.4) is 0 Å². The lowest BCUT2D eigenvalue weighted by molar-refractivity contribution is -0.138. The highest BCUT2D eigenvalue weighted by atomic mass is 16.5. The van der Waals surface area contributed by atoms with Crippen molar-refractivity contribution in [2.45, 2.75) is 12.5 Å². The standard InChI is InChI=1S/C19H17NO6/c1-25-15-8-7-11(9-16(15)26-2)14(10-17(21)22)20-18(23)12-5-3-4-6-13(12)19(20)24/h3-9,14H,10H2,1-2H3,(H,21,22)/t14-/m1/s1. The summed E-state index contributed by atoms with van der Waals surface area (Å²) in [7, 11) is 2.94. The van der Waals surface area contributed by atoms with E-state index >= 15 is 0 Å². The largest absolute Gasteiger partial charge is 0.493 e. The van der Waals surface area contributed by atoms with E-state index in [-0.39, 0.29) is 11.1 Å². The van der Waals surface area contributed by atoms with Gasteiger partial charge in [0.1, 0.15) is 0 Å². The van der Waals surface area contributed by atoms with E-state index in [1.54, 1.807) is 42.5 Å². The number of carboxylic acid groups (broad SMARTS) is 1. The highest BCUT2D eigenvalue weighted by molar-refractivity contribution is 6.21. The first-order valence-corrected chi connectivity index (χ1v) is 7.88. The minimum atomic E-state index is -1.12. The molecule has 1 aliphatic rings. The van der Waals surface area contributed by atoms with Crippen molar-refractivity contribution in [2.75, 3.05) is 14.2 Å². The fraction of sp³-hybridized carbons (Fsp3) is 0.211. The van der Waals surface area contributed by atoms with Gasteiger partial charge in [0.25, 0.3) is 11.8 Å². The van der Waals surface area contributed by atoms with Gasteiger partial charge in [-0.2, -0.15) is 0 Å². The Balaban J connectivity index is 2.07. The maximum Gasteiger partial charge on any atom is 0.305 e. The number of nitrogens with zero attached hydrogens (tertiary/aromatic N) is 1. The van der Waals surface area contributed by atoms with Crippen LogP contribution < -0.4 is 9.47 Å². The number of ether oxygens (including phenoxy) is 2. The minimum absolute atomic E-state index is 0.272. The van der Waals surface area contributed by atoms with Crippen LogP contribution in [0.1, 0.15) is 38.7 Å². The average molecular weight is 355 g/mol. The maximum atomic E-state index is 12.7. The van der Waals surface area contributed by atoms with Gasteiger partial charge in [-0.1, -0.05) is 18.2 Å². The van der Waals surface area contributed by atoms with Crippen LogP contribution in [0.15, 0.2) is 42.5 Å². The van der Waals surface area contributed by atoms with Crippen LogP contribution in [-0.4, -0.2) is 42.0 Å². The minimum Gasteiger partial charge on any atom is -0.493 e. The van der Waals surface area contributed by atoms with E-state index in [0.717, 1.165) is 4.90 Å². The zero-order valence-electron chi connectivity index (χ0n) is 14.3. The summed E-state index contributed by atoms with van der Waals surface area (Å²) >= 11 is 0. The molecule has 1 atom stereocenters. The summed E-state index contributed by atoms with van der Waals surface area (Å²) in [4.78, 5) is 37.9. The molecule has 7 heteroatoms. The van der Waals surface area contributed by atoms with Crippen molar-refractivity contribution in [1.82, 2.24) is 4.90 Å². The zero-order chi connectivity index (χ0) is 18.8. The molecular weight excluding hydrogens is 338 g/mol. The Morgan fingerprint density at radius 1 is 1.00 bits per heavy atom. The van der Waals surface area contributed by atoms with Crippen LogP contribution in [-0.2, 0) is 4.79 Å². The average Bonchev–Trinajstić information content (AvgIpc) is 2.90. The number of imide groups is 1. The van der Waals surface area contributed by atoms with Crippen molar-refractivity contribution in [3.8, 4) is 11.5 Å². The number of carboxylic acids is 1. The maximum absolute atomic E-state index is 12.7. The molecule has 0 aromatic heterocycles. The molecule has 7 nitrogen and oxygen atoms in total. The number of hydrogen-bond donors (Lipinski definition) is 1. The Kier molecular flexibility index (Phi) is 4.62. The SMILES string of the molecule is COc1ccc([C@@H](CC(=O)O)N2C(=O)c3ccccc3C2=O)cc1OC. The first-order chi connectivity index (χ1) is 12.5. The summed E-state index contributed by atoms with van der Waals surface area (Å²) in [5.41, 5.74) is 1.02. The molecule has 3 rings (SSSR count). The fourth-order valence-corrected chi connectivity index (χ4v) is 3.07. The number of methoxy groups -OCH3 is 2. The summed E-state index contributed by atoms with van der Waals surface area (Å²) in [5.74, 6) is -1.29. The second kappa shape index (κ2) is 6.87. The van der Waals surface area contributed by atoms with Gasteiger partial charge in [0, 0.05) is 0 Å². The van der Waals surface area contributed by atoms with Crippen molar-refractivity contribution in [2.24, 2.45) is 0 Å².